The fourth-order valence-electron chi connectivity index (χ4n) is 3.56. The first-order valence-electron chi connectivity index (χ1n) is 11.2. The molecule has 1 aromatic carbocycles. The van der Waals surface area contributed by atoms with Crippen molar-refractivity contribution in [1.29, 1.82) is 0 Å². The van der Waals surface area contributed by atoms with Gasteiger partial charge in [0, 0.05) is 27.4 Å². The van der Waals surface area contributed by atoms with Crippen LogP contribution in [-0.4, -0.2) is 23.6 Å². The van der Waals surface area contributed by atoms with Crippen LogP contribution in [0.25, 0.3) is 21.7 Å². The number of aromatic nitrogens is 1. The van der Waals surface area contributed by atoms with Crippen LogP contribution in [0, 0.1) is 0 Å². The van der Waals surface area contributed by atoms with E-state index in [1.165, 1.54) is 4.88 Å². The number of hydrazone groups is 1. The number of halogens is 3. The number of unbranched alkanes of at least 4 members (excludes halogenated alkanes) is 2. The van der Waals surface area contributed by atoms with Crippen molar-refractivity contribution in [3.8, 4) is 27.4 Å². The van der Waals surface area contributed by atoms with E-state index in [-0.39, 0.29) is 17.8 Å². The maximum atomic E-state index is 13.0. The van der Waals surface area contributed by atoms with E-state index in [0.29, 0.717) is 36.5 Å². The Morgan fingerprint density at radius 2 is 1.89 bits per heavy atom. The third-order valence-corrected chi connectivity index (χ3v) is 6.61. The second-order valence-electron chi connectivity index (χ2n) is 7.84. The Bertz CT molecular complexity index is 1200. The van der Waals surface area contributed by atoms with Crippen LogP contribution in [0.5, 0.6) is 5.75 Å². The molecule has 0 fully saturated rings. The predicted octanol–water partition coefficient (Wildman–Crippen LogP) is 4.92. The molecule has 6 N–H and O–H groups in total. The van der Waals surface area contributed by atoms with Crippen LogP contribution < -0.4 is 27.4 Å². The molecule has 0 unspecified atom stereocenters. The monoisotopic (exact) mass is 507 g/mol. The maximum Gasteiger partial charge on any atom is 0.389 e. The zero-order valence-electron chi connectivity index (χ0n) is 19.2. The van der Waals surface area contributed by atoms with Gasteiger partial charge in [0.15, 0.2) is 5.84 Å². The second kappa shape index (κ2) is 11.9. The molecule has 0 spiro atoms. The average Bonchev–Trinajstić information content (AvgIpc) is 3.32. The van der Waals surface area contributed by atoms with Crippen molar-refractivity contribution in [3.05, 3.63) is 63.3 Å². The minimum Gasteiger partial charge on any atom is -0.494 e. The summed E-state index contributed by atoms with van der Waals surface area (Å²) in [6, 6.07) is 12.9. The molecular formula is C24H28F3N5O2S. The van der Waals surface area contributed by atoms with Crippen molar-refractivity contribution >= 4 is 17.2 Å². The number of rotatable bonds is 10. The topological polar surface area (TPSA) is 119 Å². The van der Waals surface area contributed by atoms with Crippen LogP contribution >= 0.6 is 11.3 Å². The third kappa shape index (κ3) is 7.09. The summed E-state index contributed by atoms with van der Waals surface area (Å²) in [5, 5.41) is 3.62. The number of alkyl halides is 3. The lowest BCUT2D eigenvalue weighted by molar-refractivity contribution is -0.135. The van der Waals surface area contributed by atoms with E-state index >= 15 is 0 Å². The Labute approximate surface area is 205 Å². The van der Waals surface area contributed by atoms with E-state index in [1.54, 1.807) is 35.6 Å². The summed E-state index contributed by atoms with van der Waals surface area (Å²) in [6.45, 7) is 2.39. The van der Waals surface area contributed by atoms with Gasteiger partial charge in [-0.25, -0.2) is 5.84 Å². The van der Waals surface area contributed by atoms with E-state index in [4.69, 9.17) is 16.4 Å². The number of nitrogens with two attached hydrogens (primary N) is 2. The quantitative estimate of drug-likeness (QED) is 0.102. The standard InChI is InChI=1S/C24H28F3N5O2S/c1-2-17-10-11-20(35-17)18-14-19(30-23(33)21(18)22(31-28)32-29)15-6-8-16(9-7-15)34-13-5-3-4-12-24(25,26)27/h6-11,14H,2-5,12-13,28-29H2,1H3,(H,30,33)(H,31,32). The van der Waals surface area contributed by atoms with Gasteiger partial charge in [-0.15, -0.1) is 11.3 Å². The first-order valence-corrected chi connectivity index (χ1v) is 12.0. The van der Waals surface area contributed by atoms with Gasteiger partial charge >= 0.3 is 6.18 Å². The van der Waals surface area contributed by atoms with Crippen molar-refractivity contribution in [2.45, 2.75) is 45.2 Å². The molecule has 0 aliphatic rings. The minimum absolute atomic E-state index is 0.0678. The zero-order chi connectivity index (χ0) is 25.4. The molecule has 2 heterocycles. The number of benzene rings is 1. The summed E-state index contributed by atoms with van der Waals surface area (Å²) in [7, 11) is 0. The van der Waals surface area contributed by atoms with E-state index < -0.39 is 18.2 Å². The number of amidine groups is 1. The number of aromatic amines is 1. The van der Waals surface area contributed by atoms with E-state index in [0.717, 1.165) is 16.9 Å². The summed E-state index contributed by atoms with van der Waals surface area (Å²) in [4.78, 5) is 17.9. The predicted molar refractivity (Wildman–Crippen MR) is 133 cm³/mol. The molecular weight excluding hydrogens is 479 g/mol. The summed E-state index contributed by atoms with van der Waals surface area (Å²) < 4.78 is 42.2. The van der Waals surface area contributed by atoms with Gasteiger partial charge < -0.3 is 21.0 Å². The normalized spacial score (nSPS) is 12.1. The molecule has 188 valence electrons. The van der Waals surface area contributed by atoms with Gasteiger partial charge in [0.2, 0.25) is 0 Å². The summed E-state index contributed by atoms with van der Waals surface area (Å²) >= 11 is 1.57. The maximum absolute atomic E-state index is 13.0. The van der Waals surface area contributed by atoms with Crippen LogP contribution in [0.2, 0.25) is 0 Å². The van der Waals surface area contributed by atoms with Crippen molar-refractivity contribution in [2.24, 2.45) is 16.8 Å². The largest absolute Gasteiger partial charge is 0.494 e. The van der Waals surface area contributed by atoms with Gasteiger partial charge in [-0.1, -0.05) is 6.92 Å². The number of thiophene rings is 1. The van der Waals surface area contributed by atoms with Crippen LogP contribution in [-0.2, 0) is 6.42 Å². The van der Waals surface area contributed by atoms with Crippen molar-refractivity contribution in [3.63, 3.8) is 0 Å². The molecule has 0 atom stereocenters. The number of ether oxygens (including phenoxy) is 1. The molecule has 35 heavy (non-hydrogen) atoms. The van der Waals surface area contributed by atoms with E-state index in [1.807, 2.05) is 18.2 Å². The molecule has 2 aromatic heterocycles. The first-order chi connectivity index (χ1) is 16.8. The average molecular weight is 508 g/mol. The highest BCUT2D eigenvalue weighted by atomic mass is 32.1. The van der Waals surface area contributed by atoms with Gasteiger partial charge in [0.25, 0.3) is 5.56 Å². The van der Waals surface area contributed by atoms with Gasteiger partial charge in [-0.05, 0) is 73.7 Å². The Morgan fingerprint density at radius 1 is 1.14 bits per heavy atom. The number of aryl methyl sites for hydroxylation is 1. The van der Waals surface area contributed by atoms with Crippen LogP contribution in [0.4, 0.5) is 13.2 Å². The van der Waals surface area contributed by atoms with Gasteiger partial charge in [-0.3, -0.25) is 4.79 Å². The molecule has 0 radical (unpaired) electrons. The van der Waals surface area contributed by atoms with E-state index in [2.05, 4.69) is 22.4 Å². The molecule has 0 aliphatic heterocycles. The van der Waals surface area contributed by atoms with E-state index in [9.17, 15) is 18.0 Å². The number of nitrogens with zero attached hydrogens (tertiary/aromatic N) is 1. The van der Waals surface area contributed by atoms with Crippen molar-refractivity contribution < 1.29 is 17.9 Å². The smallest absolute Gasteiger partial charge is 0.389 e. The third-order valence-electron chi connectivity index (χ3n) is 5.35. The Balaban J connectivity index is 1.79. The number of H-pyrrole nitrogens is 1. The highest BCUT2D eigenvalue weighted by Gasteiger charge is 2.25. The molecule has 11 heteroatoms. The molecule has 0 saturated heterocycles. The molecule has 3 rings (SSSR count). The van der Waals surface area contributed by atoms with Crippen molar-refractivity contribution in [1.82, 2.24) is 10.4 Å². The molecule has 0 amide bonds. The van der Waals surface area contributed by atoms with Crippen molar-refractivity contribution in [2.75, 3.05) is 6.61 Å². The lowest BCUT2D eigenvalue weighted by Gasteiger charge is -2.12. The minimum atomic E-state index is -4.11. The number of hydrogen-bond acceptors (Lipinski definition) is 6. The number of nitrogens with one attached hydrogen (secondary N) is 2. The fourth-order valence-corrected chi connectivity index (χ4v) is 4.53. The van der Waals surface area contributed by atoms with Gasteiger partial charge in [0.1, 0.15) is 5.75 Å². The highest BCUT2D eigenvalue weighted by Crippen LogP contribution is 2.32. The fraction of sp³-hybridized carbons (Fsp3) is 0.333. The molecule has 0 bridgehead atoms. The van der Waals surface area contributed by atoms with Gasteiger partial charge in [0.05, 0.1) is 12.2 Å². The van der Waals surface area contributed by atoms with Crippen LogP contribution in [0.15, 0.2) is 52.4 Å². The lowest BCUT2D eigenvalue weighted by atomic mass is 10.0. The summed E-state index contributed by atoms with van der Waals surface area (Å²) in [5.74, 6) is 11.7. The first kappa shape index (κ1) is 26.3. The molecule has 7 nitrogen and oxygen atoms in total. The number of hydrazine groups is 1. The number of hydrogen-bond donors (Lipinski definition) is 4. The Kier molecular flexibility index (Phi) is 8.94. The molecule has 0 aliphatic carbocycles. The number of pyridine rings is 1. The molecule has 0 saturated carbocycles. The van der Waals surface area contributed by atoms with Gasteiger partial charge in [-0.2, -0.15) is 18.3 Å². The highest BCUT2D eigenvalue weighted by molar-refractivity contribution is 7.15. The lowest BCUT2D eigenvalue weighted by Crippen LogP contribution is -2.36. The Hall–Kier alpha value is -3.31. The van der Waals surface area contributed by atoms with Crippen LogP contribution in [0.3, 0.4) is 0 Å². The zero-order valence-corrected chi connectivity index (χ0v) is 20.1. The SMILES string of the molecule is CCc1ccc(-c2cc(-c3ccc(OCCCCCC(F)(F)F)cc3)[nH]c(=O)c2/C(=N/N)NN)s1. The summed E-state index contributed by atoms with van der Waals surface area (Å²) in [6.07, 6.45) is -2.94. The summed E-state index contributed by atoms with van der Waals surface area (Å²) in [5.41, 5.74) is 4.22. The second-order valence-corrected chi connectivity index (χ2v) is 9.01. The Morgan fingerprint density at radius 3 is 2.49 bits per heavy atom. The molecule has 3 aromatic rings. The van der Waals surface area contributed by atoms with Crippen LogP contribution in [0.1, 0.15) is 43.0 Å².